The van der Waals surface area contributed by atoms with E-state index in [-0.39, 0.29) is 30.0 Å². The van der Waals surface area contributed by atoms with Gasteiger partial charge in [0.2, 0.25) is 0 Å². The molecule has 1 aromatic heterocycles. The van der Waals surface area contributed by atoms with Gasteiger partial charge >= 0.3 is 0 Å². The van der Waals surface area contributed by atoms with Crippen molar-refractivity contribution in [3.63, 3.8) is 0 Å². The molecule has 0 radical (unpaired) electrons. The zero-order valence-electron chi connectivity index (χ0n) is 24.7. The van der Waals surface area contributed by atoms with Crippen molar-refractivity contribution in [3.8, 4) is 5.75 Å². The van der Waals surface area contributed by atoms with Crippen molar-refractivity contribution in [1.29, 1.82) is 0 Å². The van der Waals surface area contributed by atoms with Gasteiger partial charge < -0.3 is 19.5 Å². The Kier molecular flexibility index (Phi) is 10.0. The molecule has 0 amide bonds. The van der Waals surface area contributed by atoms with Gasteiger partial charge in [-0.25, -0.2) is 13.2 Å². The molecule has 2 saturated heterocycles. The van der Waals surface area contributed by atoms with Gasteiger partial charge in [0.05, 0.1) is 25.8 Å². The predicted molar refractivity (Wildman–Crippen MR) is 157 cm³/mol. The van der Waals surface area contributed by atoms with Crippen LogP contribution in [0, 0.1) is 22.9 Å². The van der Waals surface area contributed by atoms with Crippen LogP contribution in [0.15, 0.2) is 36.5 Å². The molecule has 6 nitrogen and oxygen atoms in total. The summed E-state index contributed by atoms with van der Waals surface area (Å²) >= 11 is 0. The molecule has 0 aliphatic carbocycles. The van der Waals surface area contributed by atoms with E-state index in [2.05, 4.69) is 15.9 Å². The van der Waals surface area contributed by atoms with Gasteiger partial charge in [-0.2, -0.15) is 0 Å². The summed E-state index contributed by atoms with van der Waals surface area (Å²) in [7, 11) is 1.68. The van der Waals surface area contributed by atoms with Crippen LogP contribution in [0.25, 0.3) is 10.9 Å². The molecular weight excluding hydrogens is 543 g/mol. The highest BCUT2D eigenvalue weighted by molar-refractivity contribution is 5.84. The first-order valence-corrected chi connectivity index (χ1v) is 15.0. The van der Waals surface area contributed by atoms with E-state index in [1.165, 1.54) is 11.1 Å². The molecule has 1 N–H and O–H groups in total. The van der Waals surface area contributed by atoms with Crippen molar-refractivity contribution in [2.45, 2.75) is 58.0 Å². The van der Waals surface area contributed by atoms with Crippen molar-refractivity contribution < 1.29 is 27.8 Å². The van der Waals surface area contributed by atoms with Crippen molar-refractivity contribution in [3.05, 3.63) is 70.7 Å². The first kappa shape index (κ1) is 30.7. The molecule has 0 spiro atoms. The zero-order valence-corrected chi connectivity index (χ0v) is 24.7. The van der Waals surface area contributed by atoms with Crippen LogP contribution in [-0.4, -0.2) is 79.0 Å². The number of hydrogen-bond donors (Lipinski definition) is 1. The first-order chi connectivity index (χ1) is 20.3. The van der Waals surface area contributed by atoms with Crippen LogP contribution in [0.5, 0.6) is 5.75 Å². The molecule has 42 heavy (non-hydrogen) atoms. The molecule has 2 aromatic carbocycles. The highest BCUT2D eigenvalue weighted by Gasteiger charge is 2.35. The van der Waals surface area contributed by atoms with Crippen LogP contribution < -0.4 is 4.74 Å². The fourth-order valence-corrected chi connectivity index (χ4v) is 6.58. The summed E-state index contributed by atoms with van der Waals surface area (Å²) in [4.78, 5) is 9.39. The Labute approximate surface area is 246 Å². The number of likely N-dealkylation sites (tertiary alicyclic amines) is 1. The minimum atomic E-state index is -0.903. The topological polar surface area (TPSA) is 58.1 Å². The standard InChI is InChI=1S/C33H42F3N3O3/c1-23(16-29-30(35)17-25(34)18-31(29)36)39-10-8-33(22-40,9-11-39)7-3-4-27-24(21-38-12-14-42-15-13-38)20-37-32-6-5-26(41-2)19-28(27)32/h5-6,17-20,23,40H,3-4,7-16,21-22H2,1-2H3. The van der Waals surface area contributed by atoms with E-state index in [1.54, 1.807) is 7.11 Å². The van der Waals surface area contributed by atoms with Crippen molar-refractivity contribution in [1.82, 2.24) is 14.8 Å². The Morgan fingerprint density at radius 3 is 2.40 bits per heavy atom. The number of morpholine rings is 1. The third-order valence-corrected chi connectivity index (χ3v) is 9.33. The maximum absolute atomic E-state index is 14.2. The molecule has 1 unspecified atom stereocenters. The molecule has 2 aliphatic rings. The van der Waals surface area contributed by atoms with E-state index in [0.717, 1.165) is 107 Å². The fraction of sp³-hybridized carbons (Fsp3) is 0.545. The summed E-state index contributed by atoms with van der Waals surface area (Å²) in [5.41, 5.74) is 3.20. The molecule has 3 aromatic rings. The number of ether oxygens (including phenoxy) is 2. The highest BCUT2D eigenvalue weighted by atomic mass is 19.1. The summed E-state index contributed by atoms with van der Waals surface area (Å²) in [6.45, 7) is 7.66. The summed E-state index contributed by atoms with van der Waals surface area (Å²) in [6.07, 6.45) is 6.49. The quantitative estimate of drug-likeness (QED) is 0.320. The lowest BCUT2D eigenvalue weighted by atomic mass is 9.74. The molecule has 5 rings (SSSR count). The van der Waals surface area contributed by atoms with Crippen LogP contribution in [0.3, 0.4) is 0 Å². The van der Waals surface area contributed by atoms with Crippen LogP contribution >= 0.6 is 0 Å². The van der Waals surface area contributed by atoms with Crippen LogP contribution in [0.1, 0.15) is 49.3 Å². The number of aliphatic hydroxyl groups is 1. The van der Waals surface area contributed by atoms with E-state index < -0.39 is 17.5 Å². The fourth-order valence-electron chi connectivity index (χ4n) is 6.58. The second kappa shape index (κ2) is 13.7. The lowest BCUT2D eigenvalue weighted by molar-refractivity contribution is 0.0224. The first-order valence-electron chi connectivity index (χ1n) is 15.0. The molecule has 2 fully saturated rings. The van der Waals surface area contributed by atoms with Crippen LogP contribution in [-0.2, 0) is 24.1 Å². The molecule has 3 heterocycles. The number of aliphatic hydroxyl groups excluding tert-OH is 1. The Balaban J connectivity index is 1.25. The third-order valence-electron chi connectivity index (χ3n) is 9.33. The lowest BCUT2D eigenvalue weighted by Crippen LogP contribution is -2.46. The van der Waals surface area contributed by atoms with Gasteiger partial charge in [-0.15, -0.1) is 0 Å². The maximum Gasteiger partial charge on any atom is 0.132 e. The van der Waals surface area contributed by atoms with Gasteiger partial charge in [0, 0.05) is 61.6 Å². The van der Waals surface area contributed by atoms with E-state index in [4.69, 9.17) is 14.5 Å². The SMILES string of the molecule is COc1ccc2ncc(CN3CCOCC3)c(CCCC3(CO)CCN(C(C)Cc4c(F)cc(F)cc4F)CC3)c2c1. The van der Waals surface area contributed by atoms with E-state index in [9.17, 15) is 18.3 Å². The highest BCUT2D eigenvalue weighted by Crippen LogP contribution is 2.38. The molecule has 228 valence electrons. The molecule has 0 saturated carbocycles. The number of halogens is 3. The third kappa shape index (κ3) is 7.08. The van der Waals surface area contributed by atoms with Crippen molar-refractivity contribution in [2.75, 3.05) is 53.1 Å². The number of methoxy groups -OCH3 is 1. The van der Waals surface area contributed by atoms with Gasteiger partial charge in [0.15, 0.2) is 0 Å². The summed E-state index contributed by atoms with van der Waals surface area (Å²) in [5.74, 6) is -1.77. The van der Waals surface area contributed by atoms with Gasteiger partial charge in [-0.1, -0.05) is 0 Å². The monoisotopic (exact) mass is 585 g/mol. The number of benzene rings is 2. The second-order valence-electron chi connectivity index (χ2n) is 12.0. The number of pyridine rings is 1. The summed E-state index contributed by atoms with van der Waals surface area (Å²) in [6, 6.07) is 7.41. The normalized spacial score (nSPS) is 18.8. The maximum atomic E-state index is 14.2. The van der Waals surface area contributed by atoms with Gasteiger partial charge in [0.25, 0.3) is 0 Å². The molecule has 2 aliphatic heterocycles. The predicted octanol–water partition coefficient (Wildman–Crippen LogP) is 5.52. The number of aromatic nitrogens is 1. The van der Waals surface area contributed by atoms with Gasteiger partial charge in [-0.05, 0) is 93.3 Å². The van der Waals surface area contributed by atoms with Crippen molar-refractivity contribution >= 4 is 10.9 Å². The summed E-state index contributed by atoms with van der Waals surface area (Å²) in [5, 5.41) is 11.6. The number of fused-ring (bicyclic) bond motifs is 1. The average molecular weight is 586 g/mol. The van der Waals surface area contributed by atoms with Crippen LogP contribution in [0.2, 0.25) is 0 Å². The summed E-state index contributed by atoms with van der Waals surface area (Å²) < 4.78 is 52.9. The number of rotatable bonds is 11. The number of piperidine rings is 1. The smallest absolute Gasteiger partial charge is 0.132 e. The number of nitrogens with zero attached hydrogens (tertiary/aromatic N) is 3. The minimum Gasteiger partial charge on any atom is -0.497 e. The van der Waals surface area contributed by atoms with Gasteiger partial charge in [0.1, 0.15) is 23.2 Å². The largest absolute Gasteiger partial charge is 0.497 e. The van der Waals surface area contributed by atoms with Gasteiger partial charge in [-0.3, -0.25) is 9.88 Å². The number of hydrogen-bond acceptors (Lipinski definition) is 6. The Hall–Kier alpha value is -2.72. The van der Waals surface area contributed by atoms with E-state index in [1.807, 2.05) is 25.3 Å². The number of aryl methyl sites for hydroxylation is 1. The Morgan fingerprint density at radius 2 is 1.74 bits per heavy atom. The zero-order chi connectivity index (χ0) is 29.7. The minimum absolute atomic E-state index is 0.0722. The molecular formula is C33H42F3N3O3. The van der Waals surface area contributed by atoms with E-state index >= 15 is 0 Å². The lowest BCUT2D eigenvalue weighted by Gasteiger charge is -2.43. The molecule has 0 bridgehead atoms. The second-order valence-corrected chi connectivity index (χ2v) is 12.0. The molecule has 9 heteroatoms. The van der Waals surface area contributed by atoms with Crippen LogP contribution in [0.4, 0.5) is 13.2 Å². The average Bonchev–Trinajstić information content (AvgIpc) is 3.00. The van der Waals surface area contributed by atoms with E-state index in [0.29, 0.717) is 0 Å². The Morgan fingerprint density at radius 1 is 1.02 bits per heavy atom. The van der Waals surface area contributed by atoms with Crippen molar-refractivity contribution in [2.24, 2.45) is 5.41 Å². The molecule has 1 atom stereocenters. The Bertz CT molecular complexity index is 1330.